The van der Waals surface area contributed by atoms with Gasteiger partial charge in [-0.3, -0.25) is 9.59 Å². The summed E-state index contributed by atoms with van der Waals surface area (Å²) in [7, 11) is 0. The molecule has 2 aromatic carbocycles. The molecular weight excluding hydrogens is 326 g/mol. The maximum atomic E-state index is 12.0. The maximum absolute atomic E-state index is 12.0. The Kier molecular flexibility index (Phi) is 7.21. The van der Waals surface area contributed by atoms with Crippen LogP contribution >= 0.6 is 0 Å². The number of hydrogen-bond donors (Lipinski definition) is 3. The number of hydrogen-bond acceptors (Lipinski definition) is 3. The van der Waals surface area contributed by atoms with Crippen LogP contribution in [0.5, 0.6) is 0 Å². The van der Waals surface area contributed by atoms with Crippen LogP contribution in [0.25, 0.3) is 0 Å². The zero-order chi connectivity index (χ0) is 18.9. The van der Waals surface area contributed by atoms with Crippen LogP contribution in [0.3, 0.4) is 0 Å². The van der Waals surface area contributed by atoms with Crippen molar-refractivity contribution in [1.29, 1.82) is 0 Å². The number of rotatable bonds is 9. The Morgan fingerprint density at radius 2 is 1.73 bits per heavy atom. The molecule has 0 aliphatic carbocycles. The van der Waals surface area contributed by atoms with Gasteiger partial charge in [-0.15, -0.1) is 0 Å². The minimum Gasteiger partial charge on any atom is -0.397 e. The molecule has 0 saturated carbocycles. The number of amides is 2. The Bertz CT molecular complexity index is 772. The summed E-state index contributed by atoms with van der Waals surface area (Å²) in [5.41, 5.74) is 15.2. The normalized spacial score (nSPS) is 10.5. The SMILES string of the molecule is Cc1ccc(C(N)=O)c(CCCCCCC(=O)Nc2ccccc2N)c1. The zero-order valence-corrected chi connectivity index (χ0v) is 15.3. The first kappa shape index (κ1) is 19.5. The second kappa shape index (κ2) is 9.61. The summed E-state index contributed by atoms with van der Waals surface area (Å²) in [6.07, 6.45) is 5.08. The molecule has 5 N–H and O–H groups in total. The fourth-order valence-electron chi connectivity index (χ4n) is 2.95. The lowest BCUT2D eigenvalue weighted by Gasteiger charge is -2.09. The predicted molar refractivity (Wildman–Crippen MR) is 106 cm³/mol. The Morgan fingerprint density at radius 3 is 2.46 bits per heavy atom. The number of anilines is 2. The number of para-hydroxylation sites is 2. The lowest BCUT2D eigenvalue weighted by Crippen LogP contribution is -2.14. The molecule has 0 fully saturated rings. The van der Waals surface area contributed by atoms with E-state index in [2.05, 4.69) is 5.32 Å². The van der Waals surface area contributed by atoms with Crippen LogP contribution < -0.4 is 16.8 Å². The highest BCUT2D eigenvalue weighted by Crippen LogP contribution is 2.18. The molecule has 0 aliphatic rings. The molecule has 5 nitrogen and oxygen atoms in total. The average molecular weight is 353 g/mol. The Hall–Kier alpha value is -2.82. The van der Waals surface area contributed by atoms with Crippen molar-refractivity contribution in [3.8, 4) is 0 Å². The minimum absolute atomic E-state index is 0.0161. The maximum Gasteiger partial charge on any atom is 0.248 e. The second-order valence-corrected chi connectivity index (χ2v) is 6.57. The van der Waals surface area contributed by atoms with E-state index in [-0.39, 0.29) is 11.8 Å². The van der Waals surface area contributed by atoms with Gasteiger partial charge in [0.1, 0.15) is 0 Å². The monoisotopic (exact) mass is 353 g/mol. The highest BCUT2D eigenvalue weighted by atomic mass is 16.1. The zero-order valence-electron chi connectivity index (χ0n) is 15.3. The van der Waals surface area contributed by atoms with E-state index < -0.39 is 0 Å². The van der Waals surface area contributed by atoms with E-state index in [0.29, 0.717) is 23.4 Å². The standard InChI is InChI=1S/C21H27N3O2/c1-15-12-13-17(21(23)26)16(14-15)8-4-2-3-5-11-20(25)24-19-10-7-6-9-18(19)22/h6-7,9-10,12-14H,2-5,8,11,22H2,1H3,(H2,23,26)(H,24,25). The number of carbonyl (C=O) groups is 2. The molecule has 0 radical (unpaired) electrons. The molecule has 2 aromatic rings. The van der Waals surface area contributed by atoms with Gasteiger partial charge in [0.2, 0.25) is 11.8 Å². The number of nitrogens with one attached hydrogen (secondary N) is 1. The molecule has 0 aliphatic heterocycles. The molecule has 0 saturated heterocycles. The van der Waals surface area contributed by atoms with Crippen molar-refractivity contribution >= 4 is 23.2 Å². The van der Waals surface area contributed by atoms with E-state index in [1.54, 1.807) is 18.2 Å². The van der Waals surface area contributed by atoms with Crippen LogP contribution in [0.4, 0.5) is 11.4 Å². The molecule has 0 bridgehead atoms. The number of carbonyl (C=O) groups excluding carboxylic acids is 2. The first-order valence-corrected chi connectivity index (χ1v) is 9.01. The van der Waals surface area contributed by atoms with Crippen LogP contribution in [-0.2, 0) is 11.2 Å². The summed E-state index contributed by atoms with van der Waals surface area (Å²) in [6.45, 7) is 2.01. The van der Waals surface area contributed by atoms with Gasteiger partial charge in [0.15, 0.2) is 0 Å². The minimum atomic E-state index is -0.378. The molecule has 5 heteroatoms. The molecule has 138 valence electrons. The molecule has 2 rings (SSSR count). The van der Waals surface area contributed by atoms with Gasteiger partial charge in [-0.1, -0.05) is 42.7 Å². The lowest BCUT2D eigenvalue weighted by molar-refractivity contribution is -0.116. The van der Waals surface area contributed by atoms with Crippen molar-refractivity contribution in [1.82, 2.24) is 0 Å². The molecule has 0 unspecified atom stereocenters. The molecule has 26 heavy (non-hydrogen) atoms. The van der Waals surface area contributed by atoms with Crippen molar-refractivity contribution in [2.45, 2.75) is 45.4 Å². The highest BCUT2D eigenvalue weighted by molar-refractivity contribution is 5.94. The summed E-state index contributed by atoms with van der Waals surface area (Å²) >= 11 is 0. The number of aryl methyl sites for hydroxylation is 2. The predicted octanol–water partition coefficient (Wildman–Crippen LogP) is 3.81. The van der Waals surface area contributed by atoms with E-state index in [1.807, 2.05) is 31.2 Å². The van der Waals surface area contributed by atoms with E-state index in [0.717, 1.165) is 43.2 Å². The number of unbranched alkanes of at least 4 members (excludes halogenated alkanes) is 3. The van der Waals surface area contributed by atoms with Crippen molar-refractivity contribution < 1.29 is 9.59 Å². The molecule has 0 spiro atoms. The van der Waals surface area contributed by atoms with Crippen LogP contribution in [0, 0.1) is 6.92 Å². The first-order chi connectivity index (χ1) is 12.5. The van der Waals surface area contributed by atoms with E-state index in [9.17, 15) is 9.59 Å². The van der Waals surface area contributed by atoms with Gasteiger partial charge in [-0.05, 0) is 49.9 Å². The number of benzene rings is 2. The third-order valence-corrected chi connectivity index (χ3v) is 4.36. The fraction of sp³-hybridized carbons (Fsp3) is 0.333. The highest BCUT2D eigenvalue weighted by Gasteiger charge is 2.08. The van der Waals surface area contributed by atoms with Gasteiger partial charge in [-0.2, -0.15) is 0 Å². The van der Waals surface area contributed by atoms with E-state index >= 15 is 0 Å². The quantitative estimate of drug-likeness (QED) is 0.472. The molecule has 0 aromatic heterocycles. The third kappa shape index (κ3) is 5.92. The van der Waals surface area contributed by atoms with Crippen LogP contribution in [0.15, 0.2) is 42.5 Å². The van der Waals surface area contributed by atoms with Gasteiger partial charge in [0.25, 0.3) is 0 Å². The fourth-order valence-corrected chi connectivity index (χ4v) is 2.95. The summed E-state index contributed by atoms with van der Waals surface area (Å²) in [5, 5.41) is 2.84. The van der Waals surface area contributed by atoms with Crippen LogP contribution in [0.1, 0.15) is 53.6 Å². The van der Waals surface area contributed by atoms with Gasteiger partial charge in [-0.25, -0.2) is 0 Å². The summed E-state index contributed by atoms with van der Waals surface area (Å²) < 4.78 is 0. The Labute approximate surface area is 154 Å². The van der Waals surface area contributed by atoms with Crippen molar-refractivity contribution in [3.05, 3.63) is 59.2 Å². The smallest absolute Gasteiger partial charge is 0.248 e. The summed E-state index contributed by atoms with van der Waals surface area (Å²) in [4.78, 5) is 23.4. The Morgan fingerprint density at radius 1 is 1.00 bits per heavy atom. The molecule has 0 heterocycles. The Balaban J connectivity index is 1.68. The second-order valence-electron chi connectivity index (χ2n) is 6.57. The molecule has 0 atom stereocenters. The molecular formula is C21H27N3O2. The van der Waals surface area contributed by atoms with Crippen molar-refractivity contribution in [2.75, 3.05) is 11.1 Å². The molecule has 2 amide bonds. The topological polar surface area (TPSA) is 98.2 Å². The van der Waals surface area contributed by atoms with Gasteiger partial charge in [0, 0.05) is 12.0 Å². The van der Waals surface area contributed by atoms with Crippen LogP contribution in [0.2, 0.25) is 0 Å². The van der Waals surface area contributed by atoms with Gasteiger partial charge < -0.3 is 16.8 Å². The number of primary amides is 1. The van der Waals surface area contributed by atoms with Gasteiger partial charge >= 0.3 is 0 Å². The van der Waals surface area contributed by atoms with Crippen LogP contribution in [-0.4, -0.2) is 11.8 Å². The van der Waals surface area contributed by atoms with E-state index in [4.69, 9.17) is 11.5 Å². The summed E-state index contributed by atoms with van der Waals surface area (Å²) in [5.74, 6) is -0.394. The van der Waals surface area contributed by atoms with E-state index in [1.165, 1.54) is 0 Å². The average Bonchev–Trinajstić information content (AvgIpc) is 2.59. The lowest BCUT2D eigenvalue weighted by atomic mass is 9.98. The van der Waals surface area contributed by atoms with Crippen molar-refractivity contribution in [2.24, 2.45) is 5.73 Å². The van der Waals surface area contributed by atoms with Crippen molar-refractivity contribution in [3.63, 3.8) is 0 Å². The van der Waals surface area contributed by atoms with Gasteiger partial charge in [0.05, 0.1) is 11.4 Å². The number of nitrogen functional groups attached to an aromatic ring is 1. The largest absolute Gasteiger partial charge is 0.397 e. The number of nitrogens with two attached hydrogens (primary N) is 2. The summed E-state index contributed by atoms with van der Waals surface area (Å²) in [6, 6.07) is 13.0. The third-order valence-electron chi connectivity index (χ3n) is 4.36. The first-order valence-electron chi connectivity index (χ1n) is 9.01.